The molecule has 144 valence electrons. The van der Waals surface area contributed by atoms with Crippen molar-refractivity contribution >= 4 is 23.4 Å². The van der Waals surface area contributed by atoms with Crippen LogP contribution in [0.3, 0.4) is 0 Å². The number of primary amides is 1. The van der Waals surface area contributed by atoms with Crippen molar-refractivity contribution in [2.45, 2.75) is 31.4 Å². The first kappa shape index (κ1) is 19.2. The quantitative estimate of drug-likeness (QED) is 0.704. The molecule has 27 heavy (non-hydrogen) atoms. The lowest BCUT2D eigenvalue weighted by Crippen LogP contribution is -2.16. The molecule has 1 aliphatic rings. The van der Waals surface area contributed by atoms with Gasteiger partial charge in [-0.3, -0.25) is 4.79 Å². The van der Waals surface area contributed by atoms with E-state index in [1.807, 2.05) is 38.3 Å². The molecule has 2 aromatic carbocycles. The fourth-order valence-electron chi connectivity index (χ4n) is 2.82. The number of nitrogens with one attached hydrogen (secondary N) is 1. The molecular weight excluding hydrogens is 364 g/mol. The van der Waals surface area contributed by atoms with E-state index in [0.29, 0.717) is 31.1 Å². The van der Waals surface area contributed by atoms with Crippen LogP contribution >= 0.6 is 11.8 Å². The van der Waals surface area contributed by atoms with Gasteiger partial charge in [0.25, 0.3) is 5.91 Å². The SMILES string of the molecule is CSc1cc2c(cc1CNc1ccc(C(N)=O)c(OC(C)C)c1)OCCO2. The zero-order chi connectivity index (χ0) is 19.4. The van der Waals surface area contributed by atoms with Crippen LogP contribution in [-0.4, -0.2) is 31.5 Å². The van der Waals surface area contributed by atoms with Gasteiger partial charge in [-0.15, -0.1) is 11.8 Å². The lowest BCUT2D eigenvalue weighted by molar-refractivity contribution is 0.0994. The minimum atomic E-state index is -0.506. The predicted molar refractivity (Wildman–Crippen MR) is 107 cm³/mol. The van der Waals surface area contributed by atoms with Gasteiger partial charge in [0.15, 0.2) is 11.5 Å². The maximum atomic E-state index is 11.6. The van der Waals surface area contributed by atoms with E-state index in [0.717, 1.165) is 27.6 Å². The second-order valence-electron chi connectivity index (χ2n) is 6.40. The van der Waals surface area contributed by atoms with Gasteiger partial charge in [0.2, 0.25) is 0 Å². The average Bonchev–Trinajstić information content (AvgIpc) is 2.65. The van der Waals surface area contributed by atoms with Crippen LogP contribution in [0.15, 0.2) is 35.2 Å². The van der Waals surface area contributed by atoms with Crippen molar-refractivity contribution < 1.29 is 19.0 Å². The number of rotatable bonds is 7. The monoisotopic (exact) mass is 388 g/mol. The van der Waals surface area contributed by atoms with Crippen LogP contribution in [0, 0.1) is 0 Å². The van der Waals surface area contributed by atoms with Gasteiger partial charge in [0.05, 0.1) is 11.7 Å². The third kappa shape index (κ3) is 4.60. The molecule has 0 saturated heterocycles. The third-order valence-corrected chi connectivity index (χ3v) is 4.86. The van der Waals surface area contributed by atoms with E-state index >= 15 is 0 Å². The second-order valence-corrected chi connectivity index (χ2v) is 7.25. The number of carbonyl (C=O) groups excluding carboxylic acids is 1. The van der Waals surface area contributed by atoms with Crippen molar-refractivity contribution in [2.24, 2.45) is 5.73 Å². The second kappa shape index (κ2) is 8.43. The largest absolute Gasteiger partial charge is 0.490 e. The maximum Gasteiger partial charge on any atom is 0.252 e. The van der Waals surface area contributed by atoms with Crippen molar-refractivity contribution in [2.75, 3.05) is 24.8 Å². The molecule has 3 rings (SSSR count). The van der Waals surface area contributed by atoms with Crippen LogP contribution in [0.2, 0.25) is 0 Å². The van der Waals surface area contributed by atoms with Crippen LogP contribution in [0.1, 0.15) is 29.8 Å². The summed E-state index contributed by atoms with van der Waals surface area (Å²) in [4.78, 5) is 12.7. The molecule has 7 heteroatoms. The molecule has 0 radical (unpaired) electrons. The highest BCUT2D eigenvalue weighted by Gasteiger charge is 2.16. The summed E-state index contributed by atoms with van der Waals surface area (Å²) in [5, 5.41) is 3.38. The Balaban J connectivity index is 1.81. The standard InChI is InChI=1S/C20H24N2O4S/c1-12(2)26-16-9-14(4-5-15(16)20(21)23)22-11-13-8-17-18(10-19(13)27-3)25-7-6-24-17/h4-5,8-10,12,22H,6-7,11H2,1-3H3,(H2,21,23). The van der Waals surface area contributed by atoms with Crippen molar-refractivity contribution in [1.82, 2.24) is 0 Å². The number of carbonyl (C=O) groups is 1. The molecule has 1 heterocycles. The summed E-state index contributed by atoms with van der Waals surface area (Å²) in [5.41, 5.74) is 7.77. The van der Waals surface area contributed by atoms with Gasteiger partial charge >= 0.3 is 0 Å². The van der Waals surface area contributed by atoms with Crippen molar-refractivity contribution in [3.63, 3.8) is 0 Å². The molecule has 1 amide bonds. The summed E-state index contributed by atoms with van der Waals surface area (Å²) in [6, 6.07) is 9.33. The number of benzene rings is 2. The zero-order valence-corrected chi connectivity index (χ0v) is 16.5. The number of thioether (sulfide) groups is 1. The molecule has 2 aromatic rings. The lowest BCUT2D eigenvalue weighted by Gasteiger charge is -2.21. The van der Waals surface area contributed by atoms with Gasteiger partial charge in [0, 0.05) is 23.2 Å². The summed E-state index contributed by atoms with van der Waals surface area (Å²) in [6.07, 6.45) is 1.98. The van der Waals surface area contributed by atoms with Crippen molar-refractivity contribution in [3.05, 3.63) is 41.5 Å². The Kier molecular flexibility index (Phi) is 6.01. The van der Waals surface area contributed by atoms with Crippen LogP contribution in [0.5, 0.6) is 17.2 Å². The zero-order valence-electron chi connectivity index (χ0n) is 15.7. The molecule has 0 fully saturated rings. The molecule has 0 bridgehead atoms. The molecule has 0 aliphatic carbocycles. The Hall–Kier alpha value is -2.54. The molecule has 0 unspecified atom stereocenters. The van der Waals surface area contributed by atoms with E-state index in [9.17, 15) is 4.79 Å². The molecule has 0 spiro atoms. The van der Waals surface area contributed by atoms with E-state index in [1.165, 1.54) is 0 Å². The number of hydrogen-bond acceptors (Lipinski definition) is 6. The predicted octanol–water partition coefficient (Wildman–Crippen LogP) is 3.68. The molecule has 1 aliphatic heterocycles. The maximum absolute atomic E-state index is 11.6. The number of ether oxygens (including phenoxy) is 3. The summed E-state index contributed by atoms with van der Waals surface area (Å²) in [6.45, 7) is 5.55. The molecule has 3 N–H and O–H groups in total. The van der Waals surface area contributed by atoms with Crippen LogP contribution in [0.4, 0.5) is 5.69 Å². The summed E-state index contributed by atoms with van der Waals surface area (Å²) < 4.78 is 17.1. The highest BCUT2D eigenvalue weighted by Crippen LogP contribution is 2.37. The molecule has 0 atom stereocenters. The van der Waals surface area contributed by atoms with Crippen molar-refractivity contribution in [1.29, 1.82) is 0 Å². The van der Waals surface area contributed by atoms with Gasteiger partial charge < -0.3 is 25.3 Å². The number of amides is 1. The average molecular weight is 388 g/mol. The van der Waals surface area contributed by atoms with E-state index in [-0.39, 0.29) is 6.10 Å². The smallest absolute Gasteiger partial charge is 0.252 e. The summed E-state index contributed by atoms with van der Waals surface area (Å²) in [5.74, 6) is 1.53. The number of nitrogens with two attached hydrogens (primary N) is 1. The van der Waals surface area contributed by atoms with Gasteiger partial charge in [-0.25, -0.2) is 0 Å². The topological polar surface area (TPSA) is 82.8 Å². The number of anilines is 1. The van der Waals surface area contributed by atoms with E-state index in [4.69, 9.17) is 19.9 Å². The lowest BCUT2D eigenvalue weighted by atomic mass is 10.1. The Morgan fingerprint density at radius 2 is 1.93 bits per heavy atom. The Labute approximate surface area is 163 Å². The van der Waals surface area contributed by atoms with E-state index in [2.05, 4.69) is 5.32 Å². The highest BCUT2D eigenvalue weighted by molar-refractivity contribution is 7.98. The number of hydrogen-bond donors (Lipinski definition) is 2. The highest BCUT2D eigenvalue weighted by atomic mass is 32.2. The van der Waals surface area contributed by atoms with Crippen LogP contribution in [0.25, 0.3) is 0 Å². The Morgan fingerprint density at radius 3 is 2.56 bits per heavy atom. The van der Waals surface area contributed by atoms with E-state index < -0.39 is 5.91 Å². The molecular formula is C20H24N2O4S. The Morgan fingerprint density at radius 1 is 1.22 bits per heavy atom. The van der Waals surface area contributed by atoms with Crippen LogP contribution < -0.4 is 25.3 Å². The minimum absolute atomic E-state index is 0.0563. The minimum Gasteiger partial charge on any atom is -0.490 e. The summed E-state index contributed by atoms with van der Waals surface area (Å²) >= 11 is 1.66. The normalized spacial score (nSPS) is 12.7. The number of fused-ring (bicyclic) bond motifs is 1. The summed E-state index contributed by atoms with van der Waals surface area (Å²) in [7, 11) is 0. The molecule has 0 saturated carbocycles. The first-order valence-electron chi connectivity index (χ1n) is 8.79. The van der Waals surface area contributed by atoms with E-state index in [1.54, 1.807) is 23.9 Å². The fourth-order valence-corrected chi connectivity index (χ4v) is 3.44. The van der Waals surface area contributed by atoms with Gasteiger partial charge in [-0.2, -0.15) is 0 Å². The van der Waals surface area contributed by atoms with Gasteiger partial charge in [-0.05, 0) is 49.9 Å². The first-order valence-corrected chi connectivity index (χ1v) is 10.0. The Bertz CT molecular complexity index is 839. The van der Waals surface area contributed by atoms with Gasteiger partial charge in [-0.1, -0.05) is 0 Å². The van der Waals surface area contributed by atoms with Crippen LogP contribution in [-0.2, 0) is 6.54 Å². The third-order valence-electron chi connectivity index (χ3n) is 4.04. The molecule has 6 nitrogen and oxygen atoms in total. The van der Waals surface area contributed by atoms with Crippen molar-refractivity contribution in [3.8, 4) is 17.2 Å². The first-order chi connectivity index (χ1) is 13.0. The molecule has 0 aromatic heterocycles. The fraction of sp³-hybridized carbons (Fsp3) is 0.350. The van der Waals surface area contributed by atoms with Gasteiger partial charge in [0.1, 0.15) is 19.0 Å².